The van der Waals surface area contributed by atoms with Crippen molar-refractivity contribution in [3.63, 3.8) is 0 Å². The molecule has 0 saturated carbocycles. The number of carbonyl (C=O) groups excluding carboxylic acids is 2. The maximum atomic E-state index is 13.6. The molecular weight excluding hydrogens is 378 g/mol. The lowest BCUT2D eigenvalue weighted by Crippen LogP contribution is -2.53. The van der Waals surface area contributed by atoms with E-state index in [1.54, 1.807) is 31.4 Å². The first-order valence-corrected chi connectivity index (χ1v) is 10.0. The Balaban J connectivity index is 1.57. The Bertz CT molecular complexity index is 1170. The molecule has 30 heavy (non-hydrogen) atoms. The molecule has 5 nitrogen and oxygen atoms in total. The Kier molecular flexibility index (Phi) is 3.37. The number of aliphatic hydroxyl groups is 1. The summed E-state index contributed by atoms with van der Waals surface area (Å²) in [6.45, 7) is 0. The monoisotopic (exact) mass is 397 g/mol. The highest BCUT2D eigenvalue weighted by Gasteiger charge is 2.68. The molecule has 148 valence electrons. The van der Waals surface area contributed by atoms with Gasteiger partial charge in [0, 0.05) is 5.92 Å². The molecule has 1 fully saturated rings. The number of nitrogens with zero attached hydrogens (tertiary/aromatic N) is 1. The van der Waals surface area contributed by atoms with Gasteiger partial charge in [-0.05, 0) is 46.5 Å². The van der Waals surface area contributed by atoms with Gasteiger partial charge in [-0.15, -0.1) is 0 Å². The minimum atomic E-state index is -1.53. The van der Waals surface area contributed by atoms with Crippen LogP contribution in [0.25, 0.3) is 0 Å². The third kappa shape index (κ3) is 1.91. The number of hydrogen-bond donors (Lipinski definition) is 1. The molecule has 3 aromatic carbocycles. The summed E-state index contributed by atoms with van der Waals surface area (Å²) < 4.78 is 5.20. The molecule has 1 aliphatic heterocycles. The predicted octanol–water partition coefficient (Wildman–Crippen LogP) is 3.20. The van der Waals surface area contributed by atoms with E-state index in [4.69, 9.17) is 4.74 Å². The number of methoxy groups -OCH3 is 1. The van der Waals surface area contributed by atoms with Crippen LogP contribution < -0.4 is 9.64 Å². The number of rotatable bonds is 2. The van der Waals surface area contributed by atoms with Crippen LogP contribution in [-0.4, -0.2) is 24.0 Å². The van der Waals surface area contributed by atoms with Crippen molar-refractivity contribution in [3.05, 3.63) is 95.1 Å². The van der Waals surface area contributed by atoms with Gasteiger partial charge in [-0.1, -0.05) is 48.5 Å². The lowest BCUT2D eigenvalue weighted by atomic mass is 9.52. The molecule has 0 aromatic heterocycles. The molecule has 2 bridgehead atoms. The fourth-order valence-electron chi connectivity index (χ4n) is 5.72. The fourth-order valence-corrected chi connectivity index (χ4v) is 5.72. The van der Waals surface area contributed by atoms with Crippen LogP contribution in [0, 0.1) is 11.8 Å². The van der Waals surface area contributed by atoms with Gasteiger partial charge in [-0.25, -0.2) is 4.90 Å². The summed E-state index contributed by atoms with van der Waals surface area (Å²) >= 11 is 0. The van der Waals surface area contributed by atoms with E-state index < -0.39 is 17.4 Å². The highest BCUT2D eigenvalue weighted by atomic mass is 16.5. The topological polar surface area (TPSA) is 66.8 Å². The first-order valence-electron chi connectivity index (χ1n) is 10.0. The van der Waals surface area contributed by atoms with Crippen molar-refractivity contribution in [2.45, 2.75) is 11.5 Å². The Morgan fingerprint density at radius 3 is 1.97 bits per heavy atom. The van der Waals surface area contributed by atoms with Crippen molar-refractivity contribution >= 4 is 17.5 Å². The third-order valence-corrected chi connectivity index (χ3v) is 6.90. The van der Waals surface area contributed by atoms with Crippen LogP contribution in [0.5, 0.6) is 5.75 Å². The second-order valence-corrected chi connectivity index (χ2v) is 8.13. The van der Waals surface area contributed by atoms with Gasteiger partial charge >= 0.3 is 0 Å². The molecule has 7 rings (SSSR count). The van der Waals surface area contributed by atoms with Gasteiger partial charge in [-0.2, -0.15) is 0 Å². The molecule has 1 heterocycles. The number of hydrogen-bond acceptors (Lipinski definition) is 4. The number of imide groups is 1. The molecule has 0 spiro atoms. The molecule has 0 radical (unpaired) electrons. The third-order valence-electron chi connectivity index (χ3n) is 6.90. The Morgan fingerprint density at radius 2 is 1.40 bits per heavy atom. The van der Waals surface area contributed by atoms with Gasteiger partial charge in [0.25, 0.3) is 0 Å². The van der Waals surface area contributed by atoms with Crippen LogP contribution in [-0.2, 0) is 15.2 Å². The van der Waals surface area contributed by atoms with Gasteiger partial charge in [0.05, 0.1) is 24.6 Å². The van der Waals surface area contributed by atoms with Crippen LogP contribution in [0.15, 0.2) is 72.8 Å². The number of carbonyl (C=O) groups is 2. The van der Waals surface area contributed by atoms with Gasteiger partial charge in [0.1, 0.15) is 11.4 Å². The van der Waals surface area contributed by atoms with Crippen molar-refractivity contribution in [1.82, 2.24) is 0 Å². The van der Waals surface area contributed by atoms with Crippen molar-refractivity contribution in [2.75, 3.05) is 12.0 Å². The van der Waals surface area contributed by atoms with E-state index in [0.29, 0.717) is 11.4 Å². The summed E-state index contributed by atoms with van der Waals surface area (Å²) in [5.41, 5.74) is 2.28. The Labute approximate surface area is 173 Å². The second kappa shape index (κ2) is 5.80. The Hall–Kier alpha value is -3.44. The maximum Gasteiger partial charge on any atom is 0.241 e. The minimum Gasteiger partial charge on any atom is -0.497 e. The van der Waals surface area contributed by atoms with Crippen molar-refractivity contribution in [3.8, 4) is 5.75 Å². The van der Waals surface area contributed by atoms with Gasteiger partial charge in [0.15, 0.2) is 0 Å². The smallest absolute Gasteiger partial charge is 0.241 e. The SMILES string of the molecule is COc1ccc(N2C(=O)[C@H]3C4c5ccccc5C(O)(c5ccccc54)[C@H]3C2=O)cc1. The number of anilines is 1. The molecule has 4 aliphatic rings. The number of benzene rings is 3. The number of ether oxygens (including phenoxy) is 1. The Morgan fingerprint density at radius 1 is 0.833 bits per heavy atom. The van der Waals surface area contributed by atoms with Crippen LogP contribution >= 0.6 is 0 Å². The van der Waals surface area contributed by atoms with E-state index in [2.05, 4.69) is 0 Å². The molecule has 5 heteroatoms. The molecular formula is C25H19NO4. The molecule has 1 saturated heterocycles. The maximum absolute atomic E-state index is 13.6. The summed E-state index contributed by atoms with van der Waals surface area (Å²) in [6, 6.07) is 22.1. The summed E-state index contributed by atoms with van der Waals surface area (Å²) in [5.74, 6) is -1.70. The van der Waals surface area contributed by atoms with Crippen LogP contribution in [0.2, 0.25) is 0 Å². The van der Waals surface area contributed by atoms with Crippen molar-refractivity contribution in [2.24, 2.45) is 11.8 Å². The van der Waals surface area contributed by atoms with Crippen LogP contribution in [0.1, 0.15) is 28.2 Å². The largest absolute Gasteiger partial charge is 0.497 e. The lowest BCUT2D eigenvalue weighted by molar-refractivity contribution is -0.133. The zero-order valence-electron chi connectivity index (χ0n) is 16.3. The fraction of sp³-hybridized carbons (Fsp3) is 0.200. The van der Waals surface area contributed by atoms with E-state index in [1.165, 1.54) is 4.90 Å². The van der Waals surface area contributed by atoms with Gasteiger partial charge < -0.3 is 9.84 Å². The van der Waals surface area contributed by atoms with Gasteiger partial charge in [-0.3, -0.25) is 9.59 Å². The van der Waals surface area contributed by atoms with E-state index in [-0.39, 0.29) is 17.7 Å². The normalized spacial score (nSPS) is 28.2. The highest BCUT2D eigenvalue weighted by molar-refractivity contribution is 6.23. The second-order valence-electron chi connectivity index (χ2n) is 8.13. The zero-order chi connectivity index (χ0) is 20.6. The van der Waals surface area contributed by atoms with Crippen molar-refractivity contribution < 1.29 is 19.4 Å². The van der Waals surface area contributed by atoms with Crippen LogP contribution in [0.3, 0.4) is 0 Å². The summed E-state index contributed by atoms with van der Waals surface area (Å²) in [5, 5.41) is 12.1. The average Bonchev–Trinajstić information content (AvgIpc) is 3.06. The van der Waals surface area contributed by atoms with E-state index in [0.717, 1.165) is 22.3 Å². The summed E-state index contributed by atoms with van der Waals surface area (Å²) in [4.78, 5) is 28.5. The first kappa shape index (κ1) is 17.4. The minimum absolute atomic E-state index is 0.254. The molecule has 2 amide bonds. The molecule has 0 unspecified atom stereocenters. The summed E-state index contributed by atoms with van der Waals surface area (Å²) in [6.07, 6.45) is 0. The molecule has 3 aromatic rings. The predicted molar refractivity (Wildman–Crippen MR) is 110 cm³/mol. The average molecular weight is 397 g/mol. The highest BCUT2D eigenvalue weighted by Crippen LogP contribution is 2.63. The van der Waals surface area contributed by atoms with E-state index in [9.17, 15) is 14.7 Å². The van der Waals surface area contributed by atoms with Crippen LogP contribution in [0.4, 0.5) is 5.69 Å². The van der Waals surface area contributed by atoms with E-state index in [1.807, 2.05) is 48.5 Å². The van der Waals surface area contributed by atoms with Gasteiger partial charge in [0.2, 0.25) is 11.8 Å². The number of amides is 2. The van der Waals surface area contributed by atoms with E-state index >= 15 is 0 Å². The zero-order valence-corrected chi connectivity index (χ0v) is 16.3. The quantitative estimate of drug-likeness (QED) is 0.675. The standard InChI is InChI=1S/C25H19NO4/c1-30-15-12-10-14(11-13-15)26-23(27)21-20-16-6-2-4-8-18(16)25(29,22(21)24(26)28)19-9-5-3-7-17(19)20/h2-13,20-22,29H,1H3/t20?,21-,22+,25?/m0/s1. The first-order chi connectivity index (χ1) is 14.6. The molecule has 3 aliphatic carbocycles. The van der Waals surface area contributed by atoms with Crippen molar-refractivity contribution in [1.29, 1.82) is 0 Å². The molecule has 2 atom stereocenters. The lowest BCUT2D eigenvalue weighted by Gasteiger charge is -2.51. The molecule has 1 N–H and O–H groups in total. The summed E-state index contributed by atoms with van der Waals surface area (Å²) in [7, 11) is 1.57.